The van der Waals surface area contributed by atoms with Gasteiger partial charge in [-0.2, -0.15) is 0 Å². The highest BCUT2D eigenvalue weighted by Crippen LogP contribution is 2.27. The van der Waals surface area contributed by atoms with E-state index in [-0.39, 0.29) is 5.56 Å². The van der Waals surface area contributed by atoms with Crippen LogP contribution in [0.3, 0.4) is 0 Å². The molecule has 5 heteroatoms. The third-order valence-corrected chi connectivity index (χ3v) is 3.54. The first kappa shape index (κ1) is 12.7. The van der Waals surface area contributed by atoms with Crippen LogP contribution < -0.4 is 10.6 Å². The zero-order chi connectivity index (χ0) is 13.1. The largest absolute Gasteiger partial charge is 0.478 e. The molecule has 0 aliphatic carbocycles. The first-order chi connectivity index (χ1) is 8.61. The number of aromatic nitrogens is 1. The van der Waals surface area contributed by atoms with E-state index in [1.54, 1.807) is 0 Å². The molecule has 1 unspecified atom stereocenters. The van der Waals surface area contributed by atoms with E-state index >= 15 is 0 Å². The van der Waals surface area contributed by atoms with Gasteiger partial charge in [0.2, 0.25) is 0 Å². The van der Waals surface area contributed by atoms with Crippen LogP contribution in [0.4, 0.5) is 11.5 Å². The average molecular weight is 249 g/mol. The first-order valence-electron chi connectivity index (χ1n) is 6.35. The van der Waals surface area contributed by atoms with Gasteiger partial charge in [-0.05, 0) is 24.8 Å². The third kappa shape index (κ3) is 2.55. The van der Waals surface area contributed by atoms with E-state index in [0.29, 0.717) is 11.6 Å². The fourth-order valence-electron chi connectivity index (χ4n) is 2.45. The van der Waals surface area contributed by atoms with Crippen LogP contribution in [-0.2, 0) is 0 Å². The number of carboxylic acid groups (broad SMARTS) is 1. The second-order valence-corrected chi connectivity index (χ2v) is 4.80. The molecule has 98 valence electrons. The van der Waals surface area contributed by atoms with Crippen LogP contribution in [0.1, 0.15) is 36.5 Å². The summed E-state index contributed by atoms with van der Waals surface area (Å²) in [4.78, 5) is 17.2. The van der Waals surface area contributed by atoms with Crippen molar-refractivity contribution in [1.82, 2.24) is 4.98 Å². The van der Waals surface area contributed by atoms with Crippen molar-refractivity contribution in [2.24, 2.45) is 5.92 Å². The Hall–Kier alpha value is -1.78. The molecule has 1 aliphatic rings. The Kier molecular flexibility index (Phi) is 3.69. The minimum atomic E-state index is -0.995. The molecule has 1 fully saturated rings. The Morgan fingerprint density at radius 3 is 3.06 bits per heavy atom. The van der Waals surface area contributed by atoms with Gasteiger partial charge < -0.3 is 15.7 Å². The van der Waals surface area contributed by atoms with E-state index < -0.39 is 5.97 Å². The predicted molar refractivity (Wildman–Crippen MR) is 70.8 cm³/mol. The number of anilines is 2. The molecule has 1 atom stereocenters. The van der Waals surface area contributed by atoms with Gasteiger partial charge in [-0.15, -0.1) is 0 Å². The smallest absolute Gasteiger partial charge is 0.337 e. The van der Waals surface area contributed by atoms with Crippen molar-refractivity contribution < 1.29 is 9.90 Å². The monoisotopic (exact) mass is 249 g/mol. The molecule has 0 radical (unpaired) electrons. The minimum absolute atomic E-state index is 0.139. The lowest BCUT2D eigenvalue weighted by Crippen LogP contribution is -2.36. The standard InChI is InChI=1S/C13H19N3O2/c1-2-9-4-3-5-16(8-9)12-11(14)6-10(7-15-12)13(17)18/h6-7,9H,2-5,8,14H2,1H3,(H,17,18). The summed E-state index contributed by atoms with van der Waals surface area (Å²) >= 11 is 0. The summed E-state index contributed by atoms with van der Waals surface area (Å²) in [5, 5.41) is 8.88. The van der Waals surface area contributed by atoms with Gasteiger partial charge in [-0.1, -0.05) is 13.3 Å². The van der Waals surface area contributed by atoms with Crippen LogP contribution in [0, 0.1) is 5.92 Å². The number of aromatic carboxylic acids is 1. The SMILES string of the molecule is CCC1CCCN(c2ncc(C(=O)O)cc2N)C1. The summed E-state index contributed by atoms with van der Waals surface area (Å²) in [5.41, 5.74) is 6.50. The average Bonchev–Trinajstić information content (AvgIpc) is 2.38. The molecule has 5 nitrogen and oxygen atoms in total. The maximum absolute atomic E-state index is 10.8. The van der Waals surface area contributed by atoms with Crippen molar-refractivity contribution in [1.29, 1.82) is 0 Å². The number of nitrogen functional groups attached to an aromatic ring is 1. The molecular weight excluding hydrogens is 230 g/mol. The molecular formula is C13H19N3O2. The molecule has 1 aromatic rings. The number of rotatable bonds is 3. The Bertz CT molecular complexity index is 448. The second kappa shape index (κ2) is 5.25. The van der Waals surface area contributed by atoms with Gasteiger partial charge in [0.05, 0.1) is 11.3 Å². The number of nitrogens with two attached hydrogens (primary N) is 1. The van der Waals surface area contributed by atoms with Gasteiger partial charge in [-0.25, -0.2) is 9.78 Å². The molecule has 0 spiro atoms. The summed E-state index contributed by atoms with van der Waals surface area (Å²) in [6, 6.07) is 1.49. The molecule has 3 N–H and O–H groups in total. The van der Waals surface area contributed by atoms with Crippen LogP contribution in [-0.4, -0.2) is 29.1 Å². The van der Waals surface area contributed by atoms with E-state index in [9.17, 15) is 4.79 Å². The highest BCUT2D eigenvalue weighted by molar-refractivity contribution is 5.89. The topological polar surface area (TPSA) is 79.5 Å². The number of carbonyl (C=O) groups is 1. The van der Waals surface area contributed by atoms with Crippen molar-refractivity contribution in [3.05, 3.63) is 17.8 Å². The minimum Gasteiger partial charge on any atom is -0.478 e. The van der Waals surface area contributed by atoms with E-state index in [0.717, 1.165) is 31.7 Å². The number of nitrogens with zero attached hydrogens (tertiary/aromatic N) is 2. The quantitative estimate of drug-likeness (QED) is 0.856. The summed E-state index contributed by atoms with van der Waals surface area (Å²) < 4.78 is 0. The summed E-state index contributed by atoms with van der Waals surface area (Å²) in [6.45, 7) is 4.10. The maximum Gasteiger partial charge on any atom is 0.337 e. The van der Waals surface area contributed by atoms with Crippen LogP contribution in [0.2, 0.25) is 0 Å². The van der Waals surface area contributed by atoms with Crippen LogP contribution >= 0.6 is 0 Å². The highest BCUT2D eigenvalue weighted by Gasteiger charge is 2.21. The molecule has 2 rings (SSSR count). The lowest BCUT2D eigenvalue weighted by molar-refractivity contribution is 0.0696. The zero-order valence-electron chi connectivity index (χ0n) is 10.6. The molecule has 0 amide bonds. The summed E-state index contributed by atoms with van der Waals surface area (Å²) in [5.74, 6) is 0.406. The van der Waals surface area contributed by atoms with Gasteiger partial charge in [0, 0.05) is 19.3 Å². The van der Waals surface area contributed by atoms with E-state index in [4.69, 9.17) is 10.8 Å². The Morgan fingerprint density at radius 2 is 2.44 bits per heavy atom. The van der Waals surface area contributed by atoms with Gasteiger partial charge >= 0.3 is 5.97 Å². The van der Waals surface area contributed by atoms with Crippen molar-refractivity contribution in [2.75, 3.05) is 23.7 Å². The van der Waals surface area contributed by atoms with Gasteiger partial charge in [-0.3, -0.25) is 0 Å². The van der Waals surface area contributed by atoms with E-state index in [1.165, 1.54) is 18.7 Å². The fraction of sp³-hybridized carbons (Fsp3) is 0.538. The molecule has 0 bridgehead atoms. The van der Waals surface area contributed by atoms with Gasteiger partial charge in [0.15, 0.2) is 5.82 Å². The summed E-state index contributed by atoms with van der Waals surface area (Å²) in [6.07, 6.45) is 4.92. The second-order valence-electron chi connectivity index (χ2n) is 4.80. The lowest BCUT2D eigenvalue weighted by Gasteiger charge is -2.33. The van der Waals surface area contributed by atoms with E-state index in [1.807, 2.05) is 0 Å². The van der Waals surface area contributed by atoms with Gasteiger partial charge in [0.1, 0.15) is 0 Å². The van der Waals surface area contributed by atoms with Crippen molar-refractivity contribution in [3.63, 3.8) is 0 Å². The van der Waals surface area contributed by atoms with Crippen molar-refractivity contribution >= 4 is 17.5 Å². The molecule has 18 heavy (non-hydrogen) atoms. The summed E-state index contributed by atoms with van der Waals surface area (Å²) in [7, 11) is 0. The molecule has 1 aliphatic heterocycles. The predicted octanol–water partition coefficient (Wildman–Crippen LogP) is 1.99. The fourth-order valence-corrected chi connectivity index (χ4v) is 2.45. The molecule has 2 heterocycles. The molecule has 1 aromatic heterocycles. The molecule has 0 saturated carbocycles. The molecule has 0 aromatic carbocycles. The number of piperidine rings is 1. The van der Waals surface area contributed by atoms with Gasteiger partial charge in [0.25, 0.3) is 0 Å². The first-order valence-corrected chi connectivity index (χ1v) is 6.35. The number of carboxylic acids is 1. The number of pyridine rings is 1. The number of hydrogen-bond donors (Lipinski definition) is 2. The van der Waals surface area contributed by atoms with Crippen molar-refractivity contribution in [2.45, 2.75) is 26.2 Å². The van der Waals surface area contributed by atoms with Crippen molar-refractivity contribution in [3.8, 4) is 0 Å². The number of hydrogen-bond acceptors (Lipinski definition) is 4. The third-order valence-electron chi connectivity index (χ3n) is 3.54. The van der Waals surface area contributed by atoms with Crippen LogP contribution in [0.25, 0.3) is 0 Å². The van der Waals surface area contributed by atoms with E-state index in [2.05, 4.69) is 16.8 Å². The zero-order valence-corrected chi connectivity index (χ0v) is 10.6. The Balaban J connectivity index is 2.20. The highest BCUT2D eigenvalue weighted by atomic mass is 16.4. The van der Waals surface area contributed by atoms with Crippen LogP contribution in [0.5, 0.6) is 0 Å². The molecule has 1 saturated heterocycles. The van der Waals surface area contributed by atoms with Crippen LogP contribution in [0.15, 0.2) is 12.3 Å². The normalized spacial score (nSPS) is 19.8. The Morgan fingerprint density at radius 1 is 1.67 bits per heavy atom. The lowest BCUT2D eigenvalue weighted by atomic mass is 9.95. The maximum atomic E-state index is 10.8. The Labute approximate surface area is 107 Å².